The molecule has 0 spiro atoms. The predicted molar refractivity (Wildman–Crippen MR) is 136 cm³/mol. The van der Waals surface area contributed by atoms with Crippen LogP contribution in [0.4, 0.5) is 0 Å². The number of esters is 2. The quantitative estimate of drug-likeness (QED) is 0.115. The molecule has 0 amide bonds. The Morgan fingerprint density at radius 1 is 0.857 bits per heavy atom. The fraction of sp³-hybridized carbons (Fsp3) is 0.857. The molecule has 2 fully saturated rings. The molecule has 0 aromatic heterocycles. The van der Waals surface area contributed by atoms with Gasteiger partial charge in [-0.3, -0.25) is 9.59 Å². The maximum atomic E-state index is 12.9. The van der Waals surface area contributed by atoms with Crippen LogP contribution in [-0.2, 0) is 28.5 Å². The van der Waals surface area contributed by atoms with E-state index in [1.165, 1.54) is 90.6 Å². The number of ether oxygens (including phenoxy) is 4. The standard InChI is InChI=1S/C28H49NO6/c1-3-4-5-6-7-8-9-10-11-12-13-14-15-16-17-18-19-25(20-26(30)32-2)27(31)35-28-21-33-23-29(28)24-34-22-28/h18-19,25H,3-17,20-24H2,1-2H3/b19-18+. The third-order valence-electron chi connectivity index (χ3n) is 7.03. The van der Waals surface area contributed by atoms with E-state index in [4.69, 9.17) is 18.9 Å². The van der Waals surface area contributed by atoms with E-state index in [9.17, 15) is 9.59 Å². The second-order valence-electron chi connectivity index (χ2n) is 10.1. The molecule has 0 aromatic rings. The lowest BCUT2D eigenvalue weighted by Gasteiger charge is -2.28. The van der Waals surface area contributed by atoms with E-state index in [0.29, 0.717) is 13.5 Å². The van der Waals surface area contributed by atoms with E-state index in [2.05, 4.69) is 6.92 Å². The first kappa shape index (κ1) is 29.8. The average molecular weight is 496 g/mol. The number of carbonyl (C=O) groups excluding carboxylic acids is 2. The molecule has 7 nitrogen and oxygen atoms in total. The van der Waals surface area contributed by atoms with Crippen molar-refractivity contribution in [3.05, 3.63) is 12.2 Å². The first-order chi connectivity index (χ1) is 17.1. The summed E-state index contributed by atoms with van der Waals surface area (Å²) in [6, 6.07) is 0. The lowest BCUT2D eigenvalue weighted by atomic mass is 10.0. The molecule has 0 N–H and O–H groups in total. The molecule has 2 aliphatic heterocycles. The summed E-state index contributed by atoms with van der Waals surface area (Å²) in [5, 5.41) is 0. The second kappa shape index (κ2) is 17.9. The van der Waals surface area contributed by atoms with Crippen LogP contribution in [0.15, 0.2) is 12.2 Å². The normalized spacial score (nSPS) is 18.1. The van der Waals surface area contributed by atoms with E-state index in [1.807, 2.05) is 11.0 Å². The van der Waals surface area contributed by atoms with Gasteiger partial charge in [-0.25, -0.2) is 4.90 Å². The maximum Gasteiger partial charge on any atom is 0.315 e. The van der Waals surface area contributed by atoms with Gasteiger partial charge in [0.05, 0.1) is 19.4 Å². The molecule has 7 heteroatoms. The third-order valence-corrected chi connectivity index (χ3v) is 7.03. The second-order valence-corrected chi connectivity index (χ2v) is 10.1. The third kappa shape index (κ3) is 11.4. The van der Waals surface area contributed by atoms with Crippen molar-refractivity contribution < 1.29 is 28.5 Å². The summed E-state index contributed by atoms with van der Waals surface area (Å²) < 4.78 is 21.5. The Morgan fingerprint density at radius 2 is 1.37 bits per heavy atom. The van der Waals surface area contributed by atoms with Crippen molar-refractivity contribution in [1.82, 2.24) is 4.90 Å². The Morgan fingerprint density at radius 3 is 1.89 bits per heavy atom. The van der Waals surface area contributed by atoms with Gasteiger partial charge in [0, 0.05) is 0 Å². The van der Waals surface area contributed by atoms with E-state index in [-0.39, 0.29) is 19.6 Å². The van der Waals surface area contributed by atoms with Crippen molar-refractivity contribution in [1.29, 1.82) is 0 Å². The van der Waals surface area contributed by atoms with E-state index in [0.717, 1.165) is 12.8 Å². The highest BCUT2D eigenvalue weighted by molar-refractivity contribution is 5.81. The van der Waals surface area contributed by atoms with Crippen molar-refractivity contribution >= 4 is 11.9 Å². The van der Waals surface area contributed by atoms with Crippen LogP contribution in [0.1, 0.15) is 110 Å². The SMILES string of the molecule is CCCCCCCCCCCCCCCC/C=C/C(CC(=O)OC)C(=O)OC12COCN1COC2. The number of unbranched alkanes of at least 4 members (excludes halogenated alkanes) is 14. The molecular formula is C28H49NO6. The number of nitrogens with zero attached hydrogens (tertiary/aromatic N) is 1. The van der Waals surface area contributed by atoms with Crippen molar-refractivity contribution in [2.24, 2.45) is 5.92 Å². The molecule has 1 atom stereocenters. The summed E-state index contributed by atoms with van der Waals surface area (Å²) in [4.78, 5) is 26.6. The molecule has 35 heavy (non-hydrogen) atoms. The number of methoxy groups -OCH3 is 1. The van der Waals surface area contributed by atoms with Gasteiger partial charge >= 0.3 is 11.9 Å². The van der Waals surface area contributed by atoms with Crippen LogP contribution < -0.4 is 0 Å². The van der Waals surface area contributed by atoms with Gasteiger partial charge in [-0.1, -0.05) is 103 Å². The van der Waals surface area contributed by atoms with Gasteiger partial charge in [0.2, 0.25) is 5.72 Å². The molecule has 202 valence electrons. The lowest BCUT2D eigenvalue weighted by molar-refractivity contribution is -0.175. The number of allylic oxidation sites excluding steroid dienone is 1. The summed E-state index contributed by atoms with van der Waals surface area (Å²) >= 11 is 0. The van der Waals surface area contributed by atoms with Crippen LogP contribution in [0.3, 0.4) is 0 Å². The molecule has 0 saturated carbocycles. The lowest BCUT2D eigenvalue weighted by Crippen LogP contribution is -2.48. The summed E-state index contributed by atoms with van der Waals surface area (Å²) in [5.41, 5.74) is -0.867. The Kier molecular flexibility index (Phi) is 15.2. The van der Waals surface area contributed by atoms with Crippen LogP contribution >= 0.6 is 0 Å². The summed E-state index contributed by atoms with van der Waals surface area (Å²) in [6.07, 6.45) is 23.4. The minimum absolute atomic E-state index is 0.0254. The highest BCUT2D eigenvalue weighted by Gasteiger charge is 2.50. The number of carbonyl (C=O) groups is 2. The topological polar surface area (TPSA) is 74.3 Å². The molecule has 2 aliphatic rings. The molecule has 0 aromatic carbocycles. The minimum atomic E-state index is -0.867. The van der Waals surface area contributed by atoms with Gasteiger partial charge in [0.25, 0.3) is 0 Å². The first-order valence-corrected chi connectivity index (χ1v) is 14.0. The molecule has 0 aliphatic carbocycles. The van der Waals surface area contributed by atoms with E-state index >= 15 is 0 Å². The highest BCUT2D eigenvalue weighted by Crippen LogP contribution is 2.31. The summed E-state index contributed by atoms with van der Waals surface area (Å²) in [5.74, 6) is -1.52. The van der Waals surface area contributed by atoms with Gasteiger partial charge in [-0.2, -0.15) is 0 Å². The predicted octanol–water partition coefficient (Wildman–Crippen LogP) is 6.11. The largest absolute Gasteiger partial charge is 0.469 e. The number of fused-ring (bicyclic) bond motifs is 1. The van der Waals surface area contributed by atoms with Gasteiger partial charge in [0.1, 0.15) is 26.7 Å². The Bertz CT molecular complexity index is 613. The first-order valence-electron chi connectivity index (χ1n) is 14.0. The molecule has 2 heterocycles. The zero-order chi connectivity index (χ0) is 25.2. The smallest absolute Gasteiger partial charge is 0.315 e. The van der Waals surface area contributed by atoms with Gasteiger partial charge in [0.15, 0.2) is 0 Å². The maximum absolute atomic E-state index is 12.9. The number of hydrogen-bond donors (Lipinski definition) is 0. The van der Waals surface area contributed by atoms with Crippen molar-refractivity contribution in [3.8, 4) is 0 Å². The average Bonchev–Trinajstić information content (AvgIpc) is 3.42. The van der Waals surface area contributed by atoms with Crippen molar-refractivity contribution in [2.75, 3.05) is 33.8 Å². The molecule has 2 rings (SSSR count). The van der Waals surface area contributed by atoms with Crippen LogP contribution in [0.5, 0.6) is 0 Å². The molecule has 0 bridgehead atoms. The Balaban J connectivity index is 1.55. The summed E-state index contributed by atoms with van der Waals surface area (Å²) in [7, 11) is 1.33. The molecule has 0 radical (unpaired) electrons. The number of rotatable bonds is 20. The monoisotopic (exact) mass is 495 g/mol. The summed E-state index contributed by atoms with van der Waals surface area (Å²) in [6.45, 7) is 3.59. The van der Waals surface area contributed by atoms with Crippen LogP contribution in [0, 0.1) is 5.92 Å². The fourth-order valence-corrected chi connectivity index (χ4v) is 4.72. The molecule has 1 unspecified atom stereocenters. The van der Waals surface area contributed by atoms with Crippen molar-refractivity contribution in [3.63, 3.8) is 0 Å². The Hall–Kier alpha value is -1.44. The molecular weight excluding hydrogens is 446 g/mol. The van der Waals surface area contributed by atoms with Gasteiger partial charge in [-0.15, -0.1) is 0 Å². The molecule has 2 saturated heterocycles. The zero-order valence-corrected chi connectivity index (χ0v) is 22.3. The number of hydrogen-bond acceptors (Lipinski definition) is 7. The minimum Gasteiger partial charge on any atom is -0.469 e. The van der Waals surface area contributed by atoms with Crippen LogP contribution in [0.25, 0.3) is 0 Å². The van der Waals surface area contributed by atoms with Crippen LogP contribution in [0.2, 0.25) is 0 Å². The Labute approximate surface area is 212 Å². The van der Waals surface area contributed by atoms with Crippen molar-refractivity contribution in [2.45, 2.75) is 115 Å². The van der Waals surface area contributed by atoms with Crippen LogP contribution in [-0.4, -0.2) is 56.3 Å². The van der Waals surface area contributed by atoms with E-state index in [1.54, 1.807) is 6.08 Å². The van der Waals surface area contributed by atoms with E-state index < -0.39 is 23.6 Å². The zero-order valence-electron chi connectivity index (χ0n) is 22.3. The van der Waals surface area contributed by atoms with Gasteiger partial charge in [-0.05, 0) is 12.8 Å². The van der Waals surface area contributed by atoms with Gasteiger partial charge < -0.3 is 18.9 Å². The fourth-order valence-electron chi connectivity index (χ4n) is 4.72. The highest BCUT2D eigenvalue weighted by atomic mass is 16.7.